The van der Waals surface area contributed by atoms with Crippen LogP contribution < -0.4 is 5.69 Å². The molecule has 0 saturated heterocycles. The topological polar surface area (TPSA) is 57.9 Å². The molecular formula is C14H16BrClN2O2. The maximum atomic E-state index is 11.3. The molecule has 20 heavy (non-hydrogen) atoms. The van der Waals surface area contributed by atoms with Gasteiger partial charge < -0.3 is 14.7 Å². The molecule has 0 bridgehead atoms. The number of rotatable bonds is 4. The highest BCUT2D eigenvalue weighted by molar-refractivity contribution is 9.10. The molecule has 1 aromatic heterocycles. The average molecular weight is 360 g/mol. The van der Waals surface area contributed by atoms with E-state index in [-0.39, 0.29) is 16.7 Å². The van der Waals surface area contributed by atoms with E-state index in [1.54, 1.807) is 7.11 Å². The van der Waals surface area contributed by atoms with Crippen LogP contribution in [0.25, 0.3) is 11.0 Å². The molecule has 2 aromatic rings. The summed E-state index contributed by atoms with van der Waals surface area (Å²) in [5.41, 5.74) is 2.26. The molecule has 6 heteroatoms. The number of methoxy groups -OCH3 is 1. The third-order valence-electron chi connectivity index (χ3n) is 4.22. The lowest BCUT2D eigenvalue weighted by molar-refractivity contribution is -0.0780. The number of H-pyrrole nitrogens is 2. The Hall–Kier alpha value is -0.780. The van der Waals surface area contributed by atoms with E-state index in [1.165, 1.54) is 6.42 Å². The molecule has 1 heterocycles. The van der Waals surface area contributed by atoms with Crippen LogP contribution in [-0.4, -0.2) is 22.7 Å². The van der Waals surface area contributed by atoms with Gasteiger partial charge in [-0.1, -0.05) is 15.9 Å². The van der Waals surface area contributed by atoms with Crippen molar-refractivity contribution in [3.05, 3.63) is 32.7 Å². The van der Waals surface area contributed by atoms with Crippen molar-refractivity contribution in [3.63, 3.8) is 0 Å². The third kappa shape index (κ3) is 2.43. The lowest BCUT2D eigenvalue weighted by atomic mass is 9.76. The van der Waals surface area contributed by atoms with Gasteiger partial charge in [0, 0.05) is 11.6 Å². The highest BCUT2D eigenvalue weighted by atomic mass is 79.9. The normalized spacial score (nSPS) is 18.9. The summed E-state index contributed by atoms with van der Waals surface area (Å²) in [4.78, 5) is 16.8. The van der Waals surface area contributed by atoms with Gasteiger partial charge >= 0.3 is 5.69 Å². The lowest BCUT2D eigenvalue weighted by Gasteiger charge is -2.42. The van der Waals surface area contributed by atoms with Gasteiger partial charge in [-0.15, -0.1) is 11.6 Å². The largest absolute Gasteiger partial charge is 0.378 e. The summed E-state index contributed by atoms with van der Waals surface area (Å²) in [6, 6.07) is 3.81. The first-order valence-electron chi connectivity index (χ1n) is 6.64. The van der Waals surface area contributed by atoms with E-state index in [0.717, 1.165) is 40.3 Å². The van der Waals surface area contributed by atoms with E-state index in [2.05, 4.69) is 25.9 Å². The molecule has 4 nitrogen and oxygen atoms in total. The van der Waals surface area contributed by atoms with Crippen LogP contribution in [0, 0.1) is 0 Å². The van der Waals surface area contributed by atoms with Crippen molar-refractivity contribution in [2.75, 3.05) is 7.11 Å². The highest BCUT2D eigenvalue weighted by Crippen LogP contribution is 2.45. The Labute approximate surface area is 130 Å². The van der Waals surface area contributed by atoms with Crippen molar-refractivity contribution in [1.82, 2.24) is 9.97 Å². The molecule has 3 rings (SSSR count). The number of hydrogen-bond acceptors (Lipinski definition) is 2. The number of alkyl halides is 1. The van der Waals surface area contributed by atoms with Crippen LogP contribution in [0.15, 0.2) is 21.4 Å². The van der Waals surface area contributed by atoms with Gasteiger partial charge in [0.05, 0.1) is 22.0 Å². The summed E-state index contributed by atoms with van der Waals surface area (Å²) in [5.74, 6) is 0. The molecule has 0 amide bonds. The fourth-order valence-corrected chi connectivity index (χ4v) is 4.03. The number of hydrogen-bond donors (Lipinski definition) is 2. The van der Waals surface area contributed by atoms with Crippen molar-refractivity contribution in [3.8, 4) is 0 Å². The zero-order chi connectivity index (χ0) is 14.3. The molecule has 0 spiro atoms. The van der Waals surface area contributed by atoms with E-state index in [0.29, 0.717) is 0 Å². The van der Waals surface area contributed by atoms with Gasteiger partial charge in [-0.2, -0.15) is 0 Å². The zero-order valence-electron chi connectivity index (χ0n) is 11.1. The summed E-state index contributed by atoms with van der Waals surface area (Å²) >= 11 is 10.1. The van der Waals surface area contributed by atoms with E-state index >= 15 is 0 Å². The summed E-state index contributed by atoms with van der Waals surface area (Å²) in [5, 5.41) is -0.146. The Morgan fingerprint density at radius 1 is 1.40 bits per heavy atom. The quantitative estimate of drug-likeness (QED) is 0.814. The van der Waals surface area contributed by atoms with Gasteiger partial charge in [0.25, 0.3) is 0 Å². The molecule has 1 unspecified atom stereocenters. The fourth-order valence-electron chi connectivity index (χ4n) is 2.81. The summed E-state index contributed by atoms with van der Waals surface area (Å²) in [6.45, 7) is 0. The monoisotopic (exact) mass is 358 g/mol. The van der Waals surface area contributed by atoms with E-state index in [4.69, 9.17) is 16.3 Å². The van der Waals surface area contributed by atoms with E-state index in [1.807, 2.05) is 12.1 Å². The van der Waals surface area contributed by atoms with Gasteiger partial charge in [-0.05, 0) is 43.4 Å². The first-order valence-corrected chi connectivity index (χ1v) is 7.87. The van der Waals surface area contributed by atoms with Crippen LogP contribution in [-0.2, 0) is 4.74 Å². The molecule has 1 saturated carbocycles. The molecule has 1 aliphatic carbocycles. The second-order valence-electron chi connectivity index (χ2n) is 5.41. The number of benzene rings is 1. The highest BCUT2D eigenvalue weighted by Gasteiger charge is 2.39. The van der Waals surface area contributed by atoms with Crippen LogP contribution in [0.5, 0.6) is 0 Å². The Kier molecular flexibility index (Phi) is 3.69. The fraction of sp³-hybridized carbons (Fsp3) is 0.500. The Balaban J connectivity index is 1.92. The molecule has 108 valence electrons. The Bertz CT molecular complexity index is 685. The zero-order valence-corrected chi connectivity index (χ0v) is 13.5. The lowest BCUT2D eigenvalue weighted by Crippen LogP contribution is -2.39. The van der Waals surface area contributed by atoms with Gasteiger partial charge in [0.15, 0.2) is 0 Å². The molecule has 1 atom stereocenters. The van der Waals surface area contributed by atoms with Crippen molar-refractivity contribution < 1.29 is 4.74 Å². The number of imidazole rings is 1. The van der Waals surface area contributed by atoms with Gasteiger partial charge in [-0.3, -0.25) is 0 Å². The first kappa shape index (κ1) is 14.2. The van der Waals surface area contributed by atoms with Crippen LogP contribution >= 0.6 is 27.5 Å². The summed E-state index contributed by atoms with van der Waals surface area (Å²) in [7, 11) is 1.75. The van der Waals surface area contributed by atoms with Gasteiger partial charge in [-0.25, -0.2) is 4.79 Å². The minimum Gasteiger partial charge on any atom is -0.378 e. The molecule has 1 fully saturated rings. The number of nitrogens with one attached hydrogen (secondary N) is 2. The molecule has 1 aromatic carbocycles. The molecule has 2 N–H and O–H groups in total. The number of aromatic amines is 2. The van der Waals surface area contributed by atoms with Crippen LogP contribution in [0.4, 0.5) is 0 Å². The maximum absolute atomic E-state index is 11.3. The standard InChI is InChI=1S/C14H16BrClN2O2/c1-20-14(3-2-4-14)7-10(16)8-5-11-12(6-9(8)15)18-13(19)17-11/h5-6,10H,2-4,7H2,1H3,(H2,17,18,19). The first-order chi connectivity index (χ1) is 9.53. The smallest absolute Gasteiger partial charge is 0.323 e. The van der Waals surface area contributed by atoms with Crippen molar-refractivity contribution in [1.29, 1.82) is 0 Å². The second-order valence-corrected chi connectivity index (χ2v) is 6.79. The van der Waals surface area contributed by atoms with Crippen LogP contribution in [0.3, 0.4) is 0 Å². The minimum absolute atomic E-state index is 0.0770. The Morgan fingerprint density at radius 2 is 2.05 bits per heavy atom. The molecule has 0 radical (unpaired) electrons. The molecular weight excluding hydrogens is 344 g/mol. The van der Waals surface area contributed by atoms with Crippen LogP contribution in [0.1, 0.15) is 36.6 Å². The molecule has 0 aliphatic heterocycles. The van der Waals surface area contributed by atoms with Gasteiger partial charge in [0.1, 0.15) is 0 Å². The SMILES string of the molecule is COC1(CC(Cl)c2cc3[nH]c(=O)[nH]c3cc2Br)CCC1. The van der Waals surface area contributed by atoms with Crippen LogP contribution in [0.2, 0.25) is 0 Å². The van der Waals surface area contributed by atoms with Crippen molar-refractivity contribution >= 4 is 38.6 Å². The number of fused-ring (bicyclic) bond motifs is 1. The van der Waals surface area contributed by atoms with Crippen molar-refractivity contribution in [2.45, 2.75) is 36.7 Å². The number of ether oxygens (including phenoxy) is 1. The van der Waals surface area contributed by atoms with E-state index in [9.17, 15) is 4.79 Å². The minimum atomic E-state index is -0.206. The summed E-state index contributed by atoms with van der Waals surface area (Å²) < 4.78 is 6.54. The third-order valence-corrected chi connectivity index (χ3v) is 5.30. The van der Waals surface area contributed by atoms with Gasteiger partial charge in [0.2, 0.25) is 0 Å². The predicted molar refractivity (Wildman–Crippen MR) is 83.4 cm³/mol. The average Bonchev–Trinajstić information content (AvgIpc) is 2.71. The Morgan fingerprint density at radius 3 is 2.60 bits per heavy atom. The second kappa shape index (κ2) is 5.20. The van der Waals surface area contributed by atoms with E-state index < -0.39 is 0 Å². The van der Waals surface area contributed by atoms with Crippen molar-refractivity contribution in [2.24, 2.45) is 0 Å². The number of aromatic nitrogens is 2. The maximum Gasteiger partial charge on any atom is 0.323 e. The summed E-state index contributed by atoms with van der Waals surface area (Å²) in [6.07, 6.45) is 4.10. The predicted octanol–water partition coefficient (Wildman–Crippen LogP) is 3.86. The number of halogens is 2. The molecule has 1 aliphatic rings.